The lowest BCUT2D eigenvalue weighted by molar-refractivity contribution is -0.116. The van der Waals surface area contributed by atoms with E-state index in [2.05, 4.69) is 21.4 Å². The molecule has 2 heterocycles. The van der Waals surface area contributed by atoms with Crippen molar-refractivity contribution < 1.29 is 9.53 Å². The van der Waals surface area contributed by atoms with Crippen LogP contribution in [0.3, 0.4) is 0 Å². The van der Waals surface area contributed by atoms with Gasteiger partial charge in [-0.15, -0.1) is 11.3 Å². The van der Waals surface area contributed by atoms with Crippen molar-refractivity contribution in [1.82, 2.24) is 9.97 Å². The van der Waals surface area contributed by atoms with E-state index in [9.17, 15) is 9.59 Å². The van der Waals surface area contributed by atoms with Crippen molar-refractivity contribution in [2.45, 2.75) is 39.5 Å². The minimum Gasteiger partial charge on any atom is -0.493 e. The van der Waals surface area contributed by atoms with Crippen molar-refractivity contribution in [3.63, 3.8) is 0 Å². The average Bonchev–Trinajstić information content (AvgIpc) is 2.98. The van der Waals surface area contributed by atoms with E-state index in [0.717, 1.165) is 10.4 Å². The number of rotatable bonds is 8. The minimum absolute atomic E-state index is 0.159. The number of carbonyl (C=O) groups is 1. The molecule has 3 rings (SSSR count). The molecule has 1 aromatic carbocycles. The van der Waals surface area contributed by atoms with Crippen molar-refractivity contribution in [3.8, 4) is 11.8 Å². The van der Waals surface area contributed by atoms with Crippen LogP contribution in [0, 0.1) is 25.2 Å². The van der Waals surface area contributed by atoms with Crippen LogP contribution in [0.5, 0.6) is 5.75 Å². The Morgan fingerprint density at radius 3 is 3.00 bits per heavy atom. The van der Waals surface area contributed by atoms with Gasteiger partial charge in [-0.05, 0) is 38.0 Å². The van der Waals surface area contributed by atoms with Crippen LogP contribution in [-0.2, 0) is 11.2 Å². The maximum absolute atomic E-state index is 12.3. The lowest BCUT2D eigenvalue weighted by Crippen LogP contribution is -2.16. The van der Waals surface area contributed by atoms with E-state index in [4.69, 9.17) is 10.00 Å². The summed E-state index contributed by atoms with van der Waals surface area (Å²) in [5.41, 5.74) is 1.43. The van der Waals surface area contributed by atoms with Gasteiger partial charge in [0.15, 0.2) is 0 Å². The topological polar surface area (TPSA) is 108 Å². The van der Waals surface area contributed by atoms with Gasteiger partial charge in [0.2, 0.25) is 5.91 Å². The second-order valence-corrected chi connectivity index (χ2v) is 7.87. The first-order valence-corrected chi connectivity index (χ1v) is 10.2. The first-order chi connectivity index (χ1) is 14.0. The fourth-order valence-corrected chi connectivity index (χ4v) is 3.93. The van der Waals surface area contributed by atoms with Gasteiger partial charge in [0.1, 0.15) is 16.4 Å². The van der Waals surface area contributed by atoms with Gasteiger partial charge in [0.05, 0.1) is 18.1 Å². The van der Waals surface area contributed by atoms with Gasteiger partial charge >= 0.3 is 0 Å². The Bertz CT molecular complexity index is 1130. The monoisotopic (exact) mass is 410 g/mol. The number of hydrogen-bond donors (Lipinski definition) is 2. The summed E-state index contributed by atoms with van der Waals surface area (Å²) in [4.78, 5) is 33.7. The summed E-state index contributed by atoms with van der Waals surface area (Å²) in [6.07, 6.45) is 1.65. The van der Waals surface area contributed by atoms with Crippen LogP contribution in [0.4, 0.5) is 5.69 Å². The minimum atomic E-state index is -0.173. The highest BCUT2D eigenvalue weighted by Crippen LogP contribution is 2.25. The normalized spacial score (nSPS) is 10.7. The molecule has 2 N–H and O–H groups in total. The molecule has 0 aliphatic rings. The number of ether oxygens (including phenoxy) is 1. The largest absolute Gasteiger partial charge is 0.493 e. The molecule has 0 radical (unpaired) electrons. The zero-order valence-electron chi connectivity index (χ0n) is 16.4. The average molecular weight is 410 g/mol. The number of unbranched alkanes of at least 4 members (excludes halogenated alkanes) is 1. The van der Waals surface area contributed by atoms with E-state index in [-0.39, 0.29) is 17.9 Å². The molecule has 3 aromatic rings. The third-order valence-electron chi connectivity index (χ3n) is 4.50. The number of carbonyl (C=O) groups excluding carboxylic acids is 1. The Balaban J connectivity index is 1.58. The molecule has 0 saturated carbocycles. The zero-order valence-corrected chi connectivity index (χ0v) is 17.2. The molecule has 0 saturated heterocycles. The Morgan fingerprint density at radius 1 is 1.38 bits per heavy atom. The summed E-state index contributed by atoms with van der Waals surface area (Å²) in [5, 5.41) is 12.0. The summed E-state index contributed by atoms with van der Waals surface area (Å²) in [7, 11) is 0. The van der Waals surface area contributed by atoms with E-state index in [0.29, 0.717) is 53.3 Å². The second-order valence-electron chi connectivity index (χ2n) is 6.66. The number of H-pyrrole nitrogens is 1. The first kappa shape index (κ1) is 20.6. The van der Waals surface area contributed by atoms with Crippen LogP contribution in [-0.4, -0.2) is 22.5 Å². The maximum Gasteiger partial charge on any atom is 0.259 e. The number of hydrogen-bond acceptors (Lipinski definition) is 6. The van der Waals surface area contributed by atoms with Crippen LogP contribution < -0.4 is 15.6 Å². The molecule has 0 aliphatic heterocycles. The third kappa shape index (κ3) is 5.21. The molecular formula is C21H22N4O3S. The number of nitrogens with one attached hydrogen (secondary N) is 2. The highest BCUT2D eigenvalue weighted by Gasteiger charge is 2.13. The lowest BCUT2D eigenvalue weighted by Gasteiger charge is -2.09. The smallest absolute Gasteiger partial charge is 0.259 e. The van der Waals surface area contributed by atoms with Crippen LogP contribution in [0.1, 0.15) is 35.5 Å². The van der Waals surface area contributed by atoms with Crippen molar-refractivity contribution in [3.05, 3.63) is 50.9 Å². The Hall–Kier alpha value is -3.18. The number of nitrogens with zero attached hydrogens (tertiary/aromatic N) is 2. The molecule has 1 amide bonds. The van der Waals surface area contributed by atoms with Gasteiger partial charge in [-0.25, -0.2) is 4.98 Å². The molecule has 0 spiro atoms. The van der Waals surface area contributed by atoms with E-state index in [1.54, 1.807) is 24.3 Å². The van der Waals surface area contributed by atoms with Gasteiger partial charge in [-0.2, -0.15) is 5.26 Å². The van der Waals surface area contributed by atoms with Crippen molar-refractivity contribution in [2.75, 3.05) is 11.9 Å². The fraction of sp³-hybridized carbons (Fsp3) is 0.333. The quantitative estimate of drug-likeness (QED) is 0.548. The van der Waals surface area contributed by atoms with Crippen LogP contribution in [0.15, 0.2) is 29.1 Å². The van der Waals surface area contributed by atoms with E-state index in [1.807, 2.05) is 13.8 Å². The van der Waals surface area contributed by atoms with E-state index < -0.39 is 0 Å². The molecule has 150 valence electrons. The molecule has 2 aromatic heterocycles. The molecule has 0 aliphatic carbocycles. The predicted molar refractivity (Wildman–Crippen MR) is 113 cm³/mol. The summed E-state index contributed by atoms with van der Waals surface area (Å²) in [6.45, 7) is 4.34. The molecular weight excluding hydrogens is 388 g/mol. The third-order valence-corrected chi connectivity index (χ3v) is 5.60. The van der Waals surface area contributed by atoms with Crippen molar-refractivity contribution in [2.24, 2.45) is 0 Å². The van der Waals surface area contributed by atoms with E-state index in [1.165, 1.54) is 11.3 Å². The first-order valence-electron chi connectivity index (χ1n) is 9.36. The number of aromatic amines is 1. The number of fused-ring (bicyclic) bond motifs is 1. The molecule has 0 unspecified atom stereocenters. The van der Waals surface area contributed by atoms with Gasteiger partial charge in [0.25, 0.3) is 5.56 Å². The number of benzene rings is 1. The molecule has 0 atom stereocenters. The molecule has 0 bridgehead atoms. The number of nitriles is 1. The maximum atomic E-state index is 12.3. The SMILES string of the molecule is Cc1sc2nc(CCC(=O)Nc3cccc(OCCCC#N)c3)[nH]c(=O)c2c1C. The Morgan fingerprint density at radius 2 is 2.21 bits per heavy atom. The predicted octanol–water partition coefficient (Wildman–Crippen LogP) is 3.86. The number of aromatic nitrogens is 2. The molecule has 0 fully saturated rings. The lowest BCUT2D eigenvalue weighted by atomic mass is 10.2. The molecule has 7 nitrogen and oxygen atoms in total. The Kier molecular flexibility index (Phi) is 6.62. The van der Waals surface area contributed by atoms with Crippen LogP contribution >= 0.6 is 11.3 Å². The highest BCUT2D eigenvalue weighted by atomic mass is 32.1. The summed E-state index contributed by atoms with van der Waals surface area (Å²) >= 11 is 1.49. The number of amides is 1. The summed E-state index contributed by atoms with van der Waals surface area (Å²) in [6, 6.07) is 9.20. The summed E-state index contributed by atoms with van der Waals surface area (Å²) < 4.78 is 5.57. The standard InChI is InChI=1S/C21H22N4O3S/c1-13-14(2)29-21-19(13)20(27)24-17(25-21)8-9-18(26)23-15-6-5-7-16(12-15)28-11-4-3-10-22/h5-7,12H,3-4,8-9,11H2,1-2H3,(H,23,26)(H,24,25,27). The Labute approximate surface area is 172 Å². The van der Waals surface area contributed by atoms with Crippen LogP contribution in [0.2, 0.25) is 0 Å². The van der Waals surface area contributed by atoms with E-state index >= 15 is 0 Å². The van der Waals surface area contributed by atoms with Crippen LogP contribution in [0.25, 0.3) is 10.2 Å². The molecule has 29 heavy (non-hydrogen) atoms. The molecule has 8 heteroatoms. The van der Waals surface area contributed by atoms with Gasteiger partial charge < -0.3 is 15.0 Å². The van der Waals surface area contributed by atoms with Crippen molar-refractivity contribution >= 4 is 33.1 Å². The zero-order chi connectivity index (χ0) is 20.8. The highest BCUT2D eigenvalue weighted by molar-refractivity contribution is 7.18. The van der Waals surface area contributed by atoms with Gasteiger partial charge in [-0.3, -0.25) is 9.59 Å². The second kappa shape index (κ2) is 9.34. The van der Waals surface area contributed by atoms with Gasteiger partial charge in [0, 0.05) is 35.9 Å². The number of thiophene rings is 1. The summed E-state index contributed by atoms with van der Waals surface area (Å²) in [5.74, 6) is 0.974. The fourth-order valence-electron chi connectivity index (χ4n) is 2.88. The number of anilines is 1. The van der Waals surface area contributed by atoms with Gasteiger partial charge in [-0.1, -0.05) is 6.07 Å². The number of aryl methyl sites for hydroxylation is 3. The van der Waals surface area contributed by atoms with Crippen molar-refractivity contribution in [1.29, 1.82) is 5.26 Å².